The molecule has 2 saturated heterocycles. The zero-order valence-corrected chi connectivity index (χ0v) is 25.3. The maximum atomic E-state index is 14.0. The number of benzene rings is 2. The van der Waals surface area contributed by atoms with Crippen LogP contribution in [0.4, 0.5) is 13.2 Å². The van der Waals surface area contributed by atoms with Crippen molar-refractivity contribution in [2.24, 2.45) is 5.41 Å². The molecule has 1 atom stereocenters. The lowest BCUT2D eigenvalue weighted by Gasteiger charge is -2.46. The number of alkyl halides is 3. The second-order valence-corrected chi connectivity index (χ2v) is 13.1. The molecule has 0 spiro atoms. The summed E-state index contributed by atoms with van der Waals surface area (Å²) in [6.45, 7) is 10.2. The molecule has 2 aliphatic rings. The molecule has 0 bridgehead atoms. The zero-order chi connectivity index (χ0) is 29.7. The zero-order valence-electron chi connectivity index (χ0n) is 25.3. The van der Waals surface area contributed by atoms with E-state index < -0.39 is 11.6 Å². The van der Waals surface area contributed by atoms with Crippen molar-refractivity contribution in [2.75, 3.05) is 39.9 Å². The van der Waals surface area contributed by atoms with Gasteiger partial charge in [0.25, 0.3) is 0 Å². The van der Waals surface area contributed by atoms with Gasteiger partial charge in [0.05, 0.1) is 18.1 Å². The molecule has 41 heavy (non-hydrogen) atoms. The van der Waals surface area contributed by atoms with E-state index in [0.29, 0.717) is 19.7 Å². The van der Waals surface area contributed by atoms with E-state index in [4.69, 9.17) is 14.2 Å². The minimum absolute atomic E-state index is 0.0809. The number of hydrogen-bond acceptors (Lipinski definition) is 5. The summed E-state index contributed by atoms with van der Waals surface area (Å²) in [4.78, 5) is 1.98. The number of ether oxygens (including phenoxy) is 3. The third kappa shape index (κ3) is 8.39. The van der Waals surface area contributed by atoms with E-state index in [0.717, 1.165) is 62.3 Å². The van der Waals surface area contributed by atoms with Crippen LogP contribution >= 0.6 is 0 Å². The van der Waals surface area contributed by atoms with Gasteiger partial charge in [0.2, 0.25) is 0 Å². The van der Waals surface area contributed by atoms with Gasteiger partial charge in [-0.3, -0.25) is 4.90 Å². The molecule has 2 heterocycles. The normalized spacial score (nSPS) is 22.1. The maximum Gasteiger partial charge on any atom is 0.395 e. The Morgan fingerprint density at radius 1 is 0.976 bits per heavy atom. The topological polar surface area (TPSA) is 43.0 Å². The summed E-state index contributed by atoms with van der Waals surface area (Å²) in [6, 6.07) is 16.0. The van der Waals surface area contributed by atoms with Crippen LogP contribution in [-0.2, 0) is 16.7 Å². The molecule has 2 fully saturated rings. The Bertz CT molecular complexity index is 1100. The molecule has 0 amide bonds. The van der Waals surface area contributed by atoms with Gasteiger partial charge in [-0.05, 0) is 115 Å². The quantitative estimate of drug-likeness (QED) is 0.308. The van der Waals surface area contributed by atoms with Crippen molar-refractivity contribution in [3.63, 3.8) is 0 Å². The van der Waals surface area contributed by atoms with Gasteiger partial charge in [0.15, 0.2) is 0 Å². The maximum absolute atomic E-state index is 14.0. The summed E-state index contributed by atoms with van der Waals surface area (Å²) in [7, 11) is 1.65. The molecule has 0 saturated carbocycles. The van der Waals surface area contributed by atoms with Crippen molar-refractivity contribution in [3.05, 3.63) is 59.7 Å². The lowest BCUT2D eigenvalue weighted by atomic mass is 9.67. The molecule has 0 aliphatic carbocycles. The molecular formula is C33H47F3N2O3. The van der Waals surface area contributed by atoms with E-state index in [1.54, 1.807) is 7.11 Å². The second-order valence-electron chi connectivity index (χ2n) is 13.1. The lowest BCUT2D eigenvalue weighted by molar-refractivity contribution is -0.217. The van der Waals surface area contributed by atoms with E-state index in [9.17, 15) is 13.2 Å². The number of nitrogens with one attached hydrogen (secondary N) is 1. The predicted octanol–water partition coefficient (Wildman–Crippen LogP) is 7.13. The van der Waals surface area contributed by atoms with E-state index in [-0.39, 0.29) is 23.7 Å². The van der Waals surface area contributed by atoms with Crippen LogP contribution in [0.3, 0.4) is 0 Å². The highest BCUT2D eigenvalue weighted by molar-refractivity contribution is 5.33. The summed E-state index contributed by atoms with van der Waals surface area (Å²) in [6.07, 6.45) is 0.195. The number of rotatable bonds is 11. The van der Waals surface area contributed by atoms with E-state index in [1.807, 2.05) is 41.3 Å². The first-order valence-electron chi connectivity index (χ1n) is 14.8. The highest BCUT2D eigenvalue weighted by Crippen LogP contribution is 2.45. The first kappa shape index (κ1) is 31.6. The smallest absolute Gasteiger partial charge is 0.395 e. The number of hydrogen-bond donors (Lipinski definition) is 1. The fraction of sp³-hybridized carbons (Fsp3) is 0.636. The molecule has 0 unspecified atom stereocenters. The van der Waals surface area contributed by atoms with Gasteiger partial charge < -0.3 is 19.5 Å². The van der Waals surface area contributed by atoms with Crippen LogP contribution in [0.2, 0.25) is 0 Å². The largest absolute Gasteiger partial charge is 0.497 e. The molecule has 0 radical (unpaired) electrons. The third-order valence-corrected chi connectivity index (χ3v) is 8.75. The van der Waals surface area contributed by atoms with Gasteiger partial charge in [-0.1, -0.05) is 24.3 Å². The first-order chi connectivity index (χ1) is 19.3. The van der Waals surface area contributed by atoms with Crippen molar-refractivity contribution in [1.29, 1.82) is 0 Å². The Balaban J connectivity index is 1.54. The summed E-state index contributed by atoms with van der Waals surface area (Å²) in [5.41, 5.74) is -0.206. The Morgan fingerprint density at radius 2 is 1.61 bits per heavy atom. The van der Waals surface area contributed by atoms with Crippen LogP contribution < -0.4 is 14.8 Å². The Kier molecular flexibility index (Phi) is 9.97. The van der Waals surface area contributed by atoms with Crippen LogP contribution in [0.1, 0.15) is 70.9 Å². The summed E-state index contributed by atoms with van der Waals surface area (Å²) >= 11 is 0. The molecule has 2 aliphatic heterocycles. The average molecular weight is 577 g/mol. The molecule has 1 N–H and O–H groups in total. The van der Waals surface area contributed by atoms with E-state index in [1.165, 1.54) is 19.4 Å². The Morgan fingerprint density at radius 3 is 2.20 bits per heavy atom. The lowest BCUT2D eigenvalue weighted by Crippen LogP contribution is -2.47. The van der Waals surface area contributed by atoms with Crippen LogP contribution in [-0.4, -0.2) is 62.7 Å². The van der Waals surface area contributed by atoms with Crippen molar-refractivity contribution < 1.29 is 27.4 Å². The number of methoxy groups -OCH3 is 1. The molecular weight excluding hydrogens is 529 g/mol. The van der Waals surface area contributed by atoms with E-state index >= 15 is 0 Å². The monoisotopic (exact) mass is 576 g/mol. The Labute approximate surface area is 243 Å². The molecule has 8 heteroatoms. The van der Waals surface area contributed by atoms with E-state index in [2.05, 4.69) is 31.3 Å². The minimum Gasteiger partial charge on any atom is -0.497 e. The number of halogens is 3. The fourth-order valence-corrected chi connectivity index (χ4v) is 6.30. The fourth-order valence-electron chi connectivity index (χ4n) is 6.30. The van der Waals surface area contributed by atoms with Crippen molar-refractivity contribution in [1.82, 2.24) is 10.2 Å². The highest BCUT2D eigenvalue weighted by Gasteiger charge is 2.48. The predicted molar refractivity (Wildman–Crippen MR) is 157 cm³/mol. The second kappa shape index (κ2) is 12.9. The summed E-state index contributed by atoms with van der Waals surface area (Å²) in [5.74, 6) is 1.60. The minimum atomic E-state index is -4.30. The van der Waals surface area contributed by atoms with Crippen LogP contribution in [0.5, 0.6) is 11.5 Å². The van der Waals surface area contributed by atoms with Crippen LogP contribution in [0, 0.1) is 5.41 Å². The van der Waals surface area contributed by atoms with Crippen molar-refractivity contribution in [3.8, 4) is 11.5 Å². The highest BCUT2D eigenvalue weighted by atomic mass is 19.4. The molecule has 0 aromatic heterocycles. The van der Waals surface area contributed by atoms with Gasteiger partial charge in [0.1, 0.15) is 17.6 Å². The van der Waals surface area contributed by atoms with Crippen LogP contribution in [0.15, 0.2) is 48.5 Å². The standard InChI is InChI=1S/C33H47F3N2O3/c1-30(2,33(34,35)36)24-38(22-25-6-10-28(11-7-25)41-29-14-18-37-19-15-29)20-16-32(17-21-40-31(3,4)23-32)26-8-12-27(39-5)13-9-26/h6-13,29,37H,14-24H2,1-5H3/t32-/m1/s1. The van der Waals surface area contributed by atoms with Gasteiger partial charge in [-0.2, -0.15) is 13.2 Å². The number of piperidine rings is 1. The molecule has 2 aromatic carbocycles. The molecule has 228 valence electrons. The molecule has 4 rings (SSSR count). The van der Waals surface area contributed by atoms with Gasteiger partial charge in [-0.25, -0.2) is 0 Å². The third-order valence-electron chi connectivity index (χ3n) is 8.75. The summed E-state index contributed by atoms with van der Waals surface area (Å²) in [5, 5.41) is 3.34. The molecule has 2 aromatic rings. The average Bonchev–Trinajstić information content (AvgIpc) is 2.92. The van der Waals surface area contributed by atoms with Gasteiger partial charge in [0, 0.05) is 25.1 Å². The van der Waals surface area contributed by atoms with Crippen molar-refractivity contribution in [2.45, 2.75) is 89.6 Å². The number of nitrogens with zero attached hydrogens (tertiary/aromatic N) is 1. The SMILES string of the molecule is COc1ccc([C@]2(CCN(Cc3ccc(OC4CCNCC4)cc3)CC(C)(C)C(F)(F)F)CCOC(C)(C)C2)cc1. The molecule has 5 nitrogen and oxygen atoms in total. The van der Waals surface area contributed by atoms with Gasteiger partial charge in [-0.15, -0.1) is 0 Å². The van der Waals surface area contributed by atoms with Crippen LogP contribution in [0.25, 0.3) is 0 Å². The van der Waals surface area contributed by atoms with Gasteiger partial charge >= 0.3 is 6.18 Å². The summed E-state index contributed by atoms with van der Waals surface area (Å²) < 4.78 is 59.7. The Hall–Kier alpha value is -2.29. The van der Waals surface area contributed by atoms with Crippen molar-refractivity contribution >= 4 is 0 Å². The first-order valence-corrected chi connectivity index (χ1v) is 14.8.